The lowest BCUT2D eigenvalue weighted by Crippen LogP contribution is -2.59. The van der Waals surface area contributed by atoms with E-state index in [4.69, 9.17) is 21.1 Å². The van der Waals surface area contributed by atoms with Gasteiger partial charge in [0.05, 0.1) is 38.9 Å². The molecule has 0 aromatic carbocycles. The molecule has 0 aliphatic heterocycles. The van der Waals surface area contributed by atoms with Crippen molar-refractivity contribution in [2.24, 2.45) is 5.73 Å². The van der Waals surface area contributed by atoms with Crippen LogP contribution in [-0.2, 0) is 47.9 Å². The van der Waals surface area contributed by atoms with Crippen LogP contribution in [0.2, 0.25) is 0 Å². The Hall–Kier alpha value is -5.34. The van der Waals surface area contributed by atoms with Crippen LogP contribution in [0.15, 0.2) is 0 Å². The van der Waals surface area contributed by atoms with E-state index in [2.05, 4.69) is 16.1 Å². The highest BCUT2D eigenvalue weighted by atomic mass is 16.4. The van der Waals surface area contributed by atoms with E-state index < -0.39 is 116 Å². The van der Waals surface area contributed by atoms with Crippen LogP contribution in [-0.4, -0.2) is 112 Å². The number of carbonyl (C=O) groups excluding carboxylic acids is 7. The number of carboxylic acid groups (broad SMARTS) is 3. The molecule has 0 radical (unpaired) electrons. The highest BCUT2D eigenvalue weighted by Gasteiger charge is 2.32. The maximum Gasteiger partial charge on any atom is 0.305 e. The first kappa shape index (κ1) is 39.8. The van der Waals surface area contributed by atoms with E-state index in [-0.39, 0.29) is 0 Å². The minimum atomic E-state index is -1.94. The van der Waals surface area contributed by atoms with Gasteiger partial charge in [-0.2, -0.15) is 0 Å². The normalized spacial score (nSPS) is 11.9. The third kappa shape index (κ3) is 20.2. The summed E-state index contributed by atoms with van der Waals surface area (Å²) in [6.45, 7) is 3.14. The molecule has 21 heteroatoms. The standard InChI is InChI=1S/C20H30N8O13.C2H6/c1-8(29)27-28-11(4-17(37)38)20(41)26-10(3-16(35)36)19(40)25-9(2-15(33)34)18(39)24-7-14(32)23-6-13(31)22-5-12(21)30;1-2/h9-11,28H,2-7H2,1H3,(H2,21,30)(H,22,31)(H,23,32)(H,24,39)(H,25,40)(H,26,41)(H,27,29)(H,33,34)(H,35,36)(H,37,38);1-2H3/t9?,10-,11?;/m0./s1. The van der Waals surface area contributed by atoms with E-state index in [9.17, 15) is 47.9 Å². The number of hydrogen-bond donors (Lipinski definition) is 11. The molecular formula is C22H36N8O13. The first-order chi connectivity index (χ1) is 20.0. The highest BCUT2D eigenvalue weighted by Crippen LogP contribution is 2.01. The first-order valence-corrected chi connectivity index (χ1v) is 12.4. The van der Waals surface area contributed by atoms with Crippen LogP contribution in [0.1, 0.15) is 40.0 Å². The zero-order valence-electron chi connectivity index (χ0n) is 23.5. The number of primary amides is 1. The van der Waals surface area contributed by atoms with Gasteiger partial charge in [0.2, 0.25) is 41.4 Å². The third-order valence-corrected chi connectivity index (χ3v) is 4.47. The van der Waals surface area contributed by atoms with E-state index >= 15 is 0 Å². The number of rotatable bonds is 19. The van der Waals surface area contributed by atoms with Gasteiger partial charge in [0.1, 0.15) is 18.1 Å². The molecule has 0 spiro atoms. The molecule has 0 fully saturated rings. The van der Waals surface area contributed by atoms with Gasteiger partial charge in [0.15, 0.2) is 0 Å². The zero-order valence-corrected chi connectivity index (χ0v) is 23.5. The minimum Gasteiger partial charge on any atom is -0.481 e. The summed E-state index contributed by atoms with van der Waals surface area (Å²) >= 11 is 0. The molecule has 12 N–H and O–H groups in total. The van der Waals surface area contributed by atoms with Crippen molar-refractivity contribution in [2.45, 2.75) is 58.2 Å². The SMILES string of the molecule is CC.CC(=O)NNC(CC(=O)O)C(=O)N[C@@H](CC(=O)O)C(=O)NC(CC(=O)O)C(=O)NCC(=O)NCC(=O)NCC(N)=O. The van der Waals surface area contributed by atoms with Crippen molar-refractivity contribution in [1.29, 1.82) is 0 Å². The summed E-state index contributed by atoms with van der Waals surface area (Å²) < 4.78 is 0. The fraction of sp³-hybridized carbons (Fsp3) is 0.545. The Labute approximate surface area is 244 Å². The van der Waals surface area contributed by atoms with Gasteiger partial charge < -0.3 is 47.6 Å². The lowest BCUT2D eigenvalue weighted by molar-refractivity contribution is -0.144. The van der Waals surface area contributed by atoms with Crippen molar-refractivity contribution in [1.82, 2.24) is 37.4 Å². The predicted octanol–water partition coefficient (Wildman–Crippen LogP) is -5.75. The van der Waals surface area contributed by atoms with Gasteiger partial charge in [-0.15, -0.1) is 0 Å². The molecule has 0 aromatic heterocycles. The number of aliphatic carboxylic acids is 3. The van der Waals surface area contributed by atoms with E-state index in [0.717, 1.165) is 6.92 Å². The molecule has 21 nitrogen and oxygen atoms in total. The predicted molar refractivity (Wildman–Crippen MR) is 141 cm³/mol. The first-order valence-electron chi connectivity index (χ1n) is 12.4. The topological polar surface area (TPSA) is 342 Å². The van der Waals surface area contributed by atoms with E-state index in [1.165, 1.54) is 0 Å². The summed E-state index contributed by atoms with van der Waals surface area (Å²) in [6, 6.07) is -5.50. The molecule has 242 valence electrons. The lowest BCUT2D eigenvalue weighted by Gasteiger charge is -2.23. The summed E-state index contributed by atoms with van der Waals surface area (Å²) in [7, 11) is 0. The van der Waals surface area contributed by atoms with E-state index in [0.29, 0.717) is 0 Å². The van der Waals surface area contributed by atoms with Crippen LogP contribution in [0.25, 0.3) is 0 Å². The second-order valence-corrected chi connectivity index (χ2v) is 8.03. The number of carboxylic acids is 3. The monoisotopic (exact) mass is 620 g/mol. The summed E-state index contributed by atoms with van der Waals surface area (Å²) in [4.78, 5) is 116. The van der Waals surface area contributed by atoms with Crippen molar-refractivity contribution >= 4 is 59.3 Å². The fourth-order valence-electron chi connectivity index (χ4n) is 2.67. The van der Waals surface area contributed by atoms with Crippen LogP contribution in [0, 0.1) is 0 Å². The Balaban J connectivity index is 0. The quantitative estimate of drug-likeness (QED) is 0.0599. The molecule has 0 saturated carbocycles. The lowest BCUT2D eigenvalue weighted by atomic mass is 10.1. The van der Waals surface area contributed by atoms with Gasteiger partial charge in [0.25, 0.3) is 0 Å². The molecule has 2 unspecified atom stereocenters. The van der Waals surface area contributed by atoms with Gasteiger partial charge in [-0.05, 0) is 0 Å². The zero-order chi connectivity index (χ0) is 33.7. The van der Waals surface area contributed by atoms with E-state index in [1.807, 2.05) is 35.2 Å². The number of amides is 7. The summed E-state index contributed by atoms with van der Waals surface area (Å²) in [5.74, 6) is -11.8. The third-order valence-electron chi connectivity index (χ3n) is 4.47. The molecule has 0 saturated heterocycles. The molecule has 43 heavy (non-hydrogen) atoms. The number of carbonyl (C=O) groups is 10. The largest absolute Gasteiger partial charge is 0.481 e. The smallest absolute Gasteiger partial charge is 0.305 e. The van der Waals surface area contributed by atoms with Crippen LogP contribution in [0.3, 0.4) is 0 Å². The number of nitrogens with two attached hydrogens (primary N) is 1. The molecular weight excluding hydrogens is 584 g/mol. The average molecular weight is 621 g/mol. The Morgan fingerprint density at radius 2 is 0.953 bits per heavy atom. The maximum absolute atomic E-state index is 12.7. The van der Waals surface area contributed by atoms with Crippen molar-refractivity contribution in [3.63, 3.8) is 0 Å². The number of hydrogen-bond acceptors (Lipinski definition) is 11. The Kier molecular flexibility index (Phi) is 19.8. The van der Waals surface area contributed by atoms with Gasteiger partial charge in [-0.3, -0.25) is 53.4 Å². The van der Waals surface area contributed by atoms with Crippen LogP contribution >= 0.6 is 0 Å². The van der Waals surface area contributed by atoms with Gasteiger partial charge in [-0.25, -0.2) is 5.43 Å². The Morgan fingerprint density at radius 3 is 1.37 bits per heavy atom. The Bertz CT molecular complexity index is 1070. The number of nitrogens with one attached hydrogen (secondary N) is 7. The molecule has 0 aliphatic carbocycles. The molecule has 0 rings (SSSR count). The van der Waals surface area contributed by atoms with Crippen molar-refractivity contribution in [3.8, 4) is 0 Å². The molecule has 0 aliphatic rings. The Morgan fingerprint density at radius 1 is 0.581 bits per heavy atom. The summed E-state index contributed by atoms with van der Waals surface area (Å²) in [5, 5.41) is 37.2. The van der Waals surface area contributed by atoms with Crippen LogP contribution < -0.4 is 43.2 Å². The van der Waals surface area contributed by atoms with E-state index in [1.54, 1.807) is 0 Å². The maximum atomic E-state index is 12.7. The minimum absolute atomic E-state index is 0.489. The van der Waals surface area contributed by atoms with Crippen LogP contribution in [0.4, 0.5) is 0 Å². The highest BCUT2D eigenvalue weighted by molar-refractivity contribution is 5.97. The molecule has 0 bridgehead atoms. The number of hydrazine groups is 1. The molecule has 0 heterocycles. The van der Waals surface area contributed by atoms with Gasteiger partial charge >= 0.3 is 17.9 Å². The van der Waals surface area contributed by atoms with Crippen molar-refractivity contribution in [3.05, 3.63) is 0 Å². The van der Waals surface area contributed by atoms with Gasteiger partial charge in [0, 0.05) is 6.92 Å². The molecule has 0 aromatic rings. The second-order valence-electron chi connectivity index (χ2n) is 8.03. The van der Waals surface area contributed by atoms with Crippen LogP contribution in [0.5, 0.6) is 0 Å². The average Bonchev–Trinajstić information content (AvgIpc) is 2.90. The fourth-order valence-corrected chi connectivity index (χ4v) is 2.67. The van der Waals surface area contributed by atoms with Crippen molar-refractivity contribution in [2.75, 3.05) is 19.6 Å². The summed E-state index contributed by atoms with van der Waals surface area (Å²) in [5.41, 5.74) is 8.91. The second kappa shape index (κ2) is 21.4. The van der Waals surface area contributed by atoms with Gasteiger partial charge in [-0.1, -0.05) is 13.8 Å². The molecule has 3 atom stereocenters. The molecule has 7 amide bonds. The van der Waals surface area contributed by atoms with Crippen molar-refractivity contribution < 1.29 is 63.3 Å². The summed E-state index contributed by atoms with van der Waals surface area (Å²) in [6.07, 6.45) is -3.04.